The molecule has 1 unspecified atom stereocenters. The zero-order valence-corrected chi connectivity index (χ0v) is 16.7. The second kappa shape index (κ2) is 8.77. The van der Waals surface area contributed by atoms with Crippen molar-refractivity contribution in [3.05, 3.63) is 53.6 Å². The molecule has 1 heterocycles. The maximum absolute atomic E-state index is 12.4. The molecule has 2 amide bonds. The average Bonchev–Trinajstić information content (AvgIpc) is 3.10. The maximum Gasteiger partial charge on any atom is 0.311 e. The summed E-state index contributed by atoms with van der Waals surface area (Å²) in [6.07, 6.45) is 0.0757. The molecule has 1 saturated heterocycles. The molecule has 0 saturated carbocycles. The molecule has 7 heteroatoms. The quantitative estimate of drug-likeness (QED) is 0.759. The van der Waals surface area contributed by atoms with Crippen LogP contribution in [-0.2, 0) is 19.1 Å². The number of rotatable bonds is 6. The van der Waals surface area contributed by atoms with E-state index in [1.165, 1.54) is 0 Å². The van der Waals surface area contributed by atoms with E-state index in [1.54, 1.807) is 36.3 Å². The largest absolute Gasteiger partial charge is 0.497 e. The van der Waals surface area contributed by atoms with Crippen molar-refractivity contribution in [1.29, 1.82) is 0 Å². The fraction of sp³-hybridized carbons (Fsp3) is 0.318. The lowest BCUT2D eigenvalue weighted by atomic mass is 10.1. The maximum atomic E-state index is 12.4. The summed E-state index contributed by atoms with van der Waals surface area (Å²) in [6, 6.07) is 12.6. The van der Waals surface area contributed by atoms with Crippen LogP contribution in [0.3, 0.4) is 0 Å². The van der Waals surface area contributed by atoms with Crippen LogP contribution in [0.15, 0.2) is 42.5 Å². The number of nitrogens with zero attached hydrogens (tertiary/aromatic N) is 1. The van der Waals surface area contributed by atoms with E-state index in [-0.39, 0.29) is 18.9 Å². The Labute approximate surface area is 169 Å². The number of esters is 1. The number of ether oxygens (including phenoxy) is 2. The highest BCUT2D eigenvalue weighted by Crippen LogP contribution is 2.29. The third-order valence-electron chi connectivity index (χ3n) is 5.04. The standard InChI is InChI=1S/C22H24N2O5/c1-14-5-4-6-19(15(14)2)24-12-16(11-21(24)26)22(27)29-13-20(25)23-17-7-9-18(28-3)10-8-17/h4-10,16H,11-13H2,1-3H3,(H,23,25). The SMILES string of the molecule is COc1ccc(NC(=O)COC(=O)C2CC(=O)N(c3cccc(C)c3C)C2)cc1. The molecule has 0 aliphatic carbocycles. The molecule has 2 aromatic carbocycles. The van der Waals surface area contributed by atoms with Crippen molar-refractivity contribution >= 4 is 29.2 Å². The number of hydrogen-bond acceptors (Lipinski definition) is 5. The van der Waals surface area contributed by atoms with Gasteiger partial charge in [-0.2, -0.15) is 0 Å². The molecule has 1 aliphatic rings. The van der Waals surface area contributed by atoms with E-state index >= 15 is 0 Å². The minimum absolute atomic E-state index is 0.0757. The molecule has 0 spiro atoms. The monoisotopic (exact) mass is 396 g/mol. The molecular formula is C22H24N2O5. The lowest BCUT2D eigenvalue weighted by Gasteiger charge is -2.20. The number of amides is 2. The molecule has 1 atom stereocenters. The van der Waals surface area contributed by atoms with Crippen LogP contribution in [0, 0.1) is 19.8 Å². The summed E-state index contributed by atoms with van der Waals surface area (Å²) in [5, 5.41) is 2.65. The van der Waals surface area contributed by atoms with Crippen LogP contribution in [0.25, 0.3) is 0 Å². The molecule has 1 N–H and O–H groups in total. The number of nitrogens with one attached hydrogen (secondary N) is 1. The highest BCUT2D eigenvalue weighted by atomic mass is 16.5. The summed E-state index contributed by atoms with van der Waals surface area (Å²) in [5.74, 6) is -1.02. The summed E-state index contributed by atoms with van der Waals surface area (Å²) >= 11 is 0. The Morgan fingerprint density at radius 3 is 2.55 bits per heavy atom. The van der Waals surface area contributed by atoms with Gasteiger partial charge in [0.05, 0.1) is 13.0 Å². The molecule has 1 fully saturated rings. The molecule has 3 rings (SSSR count). The van der Waals surface area contributed by atoms with Gasteiger partial charge in [0.25, 0.3) is 5.91 Å². The first kappa shape index (κ1) is 20.4. The Bertz CT molecular complexity index is 923. The van der Waals surface area contributed by atoms with E-state index < -0.39 is 24.4 Å². The topological polar surface area (TPSA) is 84.9 Å². The molecule has 1 aliphatic heterocycles. The number of methoxy groups -OCH3 is 1. The fourth-order valence-electron chi connectivity index (χ4n) is 3.25. The summed E-state index contributed by atoms with van der Waals surface area (Å²) in [5.41, 5.74) is 3.47. The van der Waals surface area contributed by atoms with E-state index in [4.69, 9.17) is 9.47 Å². The summed E-state index contributed by atoms with van der Waals surface area (Å²) < 4.78 is 10.2. The highest BCUT2D eigenvalue weighted by Gasteiger charge is 2.37. The van der Waals surface area contributed by atoms with Gasteiger partial charge in [0, 0.05) is 24.3 Å². The first-order chi connectivity index (χ1) is 13.9. The van der Waals surface area contributed by atoms with Gasteiger partial charge in [0.2, 0.25) is 5.91 Å². The van der Waals surface area contributed by atoms with Gasteiger partial charge in [-0.1, -0.05) is 12.1 Å². The lowest BCUT2D eigenvalue weighted by molar-refractivity contribution is -0.151. The van der Waals surface area contributed by atoms with E-state index in [2.05, 4.69) is 5.32 Å². The van der Waals surface area contributed by atoms with Crippen LogP contribution in [0.4, 0.5) is 11.4 Å². The average molecular weight is 396 g/mol. The predicted molar refractivity (Wildman–Crippen MR) is 109 cm³/mol. The number of carbonyl (C=O) groups excluding carboxylic acids is 3. The number of hydrogen-bond donors (Lipinski definition) is 1. The molecule has 0 aromatic heterocycles. The first-order valence-corrected chi connectivity index (χ1v) is 9.36. The summed E-state index contributed by atoms with van der Waals surface area (Å²) in [4.78, 5) is 38.4. The van der Waals surface area contributed by atoms with Gasteiger partial charge < -0.3 is 19.7 Å². The van der Waals surface area contributed by atoms with E-state index in [9.17, 15) is 14.4 Å². The van der Waals surface area contributed by atoms with Gasteiger partial charge in [-0.05, 0) is 55.3 Å². The van der Waals surface area contributed by atoms with Crippen molar-refractivity contribution in [1.82, 2.24) is 0 Å². The number of benzene rings is 2. The Kier molecular flexibility index (Phi) is 6.16. The molecule has 2 aromatic rings. The van der Waals surface area contributed by atoms with E-state index in [1.807, 2.05) is 32.0 Å². The second-order valence-corrected chi connectivity index (χ2v) is 7.01. The van der Waals surface area contributed by atoms with Gasteiger partial charge in [-0.25, -0.2) is 0 Å². The molecule has 29 heavy (non-hydrogen) atoms. The van der Waals surface area contributed by atoms with Crippen molar-refractivity contribution < 1.29 is 23.9 Å². The third-order valence-corrected chi connectivity index (χ3v) is 5.04. The van der Waals surface area contributed by atoms with Gasteiger partial charge in [0.15, 0.2) is 6.61 Å². The van der Waals surface area contributed by atoms with Crippen molar-refractivity contribution in [2.24, 2.45) is 5.92 Å². The van der Waals surface area contributed by atoms with Gasteiger partial charge in [-0.3, -0.25) is 14.4 Å². The van der Waals surface area contributed by atoms with Crippen LogP contribution >= 0.6 is 0 Å². The highest BCUT2D eigenvalue weighted by molar-refractivity contribution is 6.00. The molecule has 0 bridgehead atoms. The Morgan fingerprint density at radius 2 is 1.86 bits per heavy atom. The smallest absolute Gasteiger partial charge is 0.311 e. The van der Waals surface area contributed by atoms with Crippen LogP contribution in [-0.4, -0.2) is 38.0 Å². The van der Waals surface area contributed by atoms with E-state index in [0.717, 1.165) is 16.8 Å². The minimum Gasteiger partial charge on any atom is -0.497 e. The van der Waals surface area contributed by atoms with Crippen molar-refractivity contribution in [3.8, 4) is 5.75 Å². The number of carbonyl (C=O) groups is 3. The fourth-order valence-corrected chi connectivity index (χ4v) is 3.25. The molecule has 152 valence electrons. The van der Waals surface area contributed by atoms with Crippen molar-refractivity contribution in [2.75, 3.05) is 30.5 Å². The molecule has 0 radical (unpaired) electrons. The van der Waals surface area contributed by atoms with Gasteiger partial charge in [-0.15, -0.1) is 0 Å². The Hall–Kier alpha value is -3.35. The van der Waals surface area contributed by atoms with Gasteiger partial charge >= 0.3 is 5.97 Å². The number of aryl methyl sites for hydroxylation is 1. The normalized spacial score (nSPS) is 15.9. The Balaban J connectivity index is 1.53. The molecule has 7 nitrogen and oxygen atoms in total. The lowest BCUT2D eigenvalue weighted by Crippen LogP contribution is -2.28. The zero-order valence-electron chi connectivity index (χ0n) is 16.7. The Morgan fingerprint density at radius 1 is 1.14 bits per heavy atom. The zero-order chi connectivity index (χ0) is 21.0. The molecular weight excluding hydrogens is 372 g/mol. The summed E-state index contributed by atoms with van der Waals surface area (Å²) in [7, 11) is 1.56. The van der Waals surface area contributed by atoms with Crippen LogP contribution in [0.1, 0.15) is 17.5 Å². The van der Waals surface area contributed by atoms with Gasteiger partial charge in [0.1, 0.15) is 5.75 Å². The second-order valence-electron chi connectivity index (χ2n) is 7.01. The van der Waals surface area contributed by atoms with Crippen LogP contribution in [0.2, 0.25) is 0 Å². The third kappa shape index (κ3) is 4.74. The van der Waals surface area contributed by atoms with E-state index in [0.29, 0.717) is 11.4 Å². The number of anilines is 2. The first-order valence-electron chi connectivity index (χ1n) is 9.36. The van der Waals surface area contributed by atoms with Crippen molar-refractivity contribution in [2.45, 2.75) is 20.3 Å². The minimum atomic E-state index is -0.587. The van der Waals surface area contributed by atoms with Crippen LogP contribution < -0.4 is 15.0 Å². The van der Waals surface area contributed by atoms with Crippen molar-refractivity contribution in [3.63, 3.8) is 0 Å². The van der Waals surface area contributed by atoms with Crippen LogP contribution in [0.5, 0.6) is 5.75 Å². The predicted octanol–water partition coefficient (Wildman–Crippen LogP) is 2.85. The summed E-state index contributed by atoms with van der Waals surface area (Å²) in [6.45, 7) is 3.78.